The molecule has 1 aromatic rings. The maximum absolute atomic E-state index is 12.0. The molecule has 1 unspecified atom stereocenters. The number of halogens is 1. The van der Waals surface area contributed by atoms with Crippen LogP contribution in [0.2, 0.25) is 5.02 Å². The van der Waals surface area contributed by atoms with E-state index in [0.717, 1.165) is 12.8 Å². The summed E-state index contributed by atoms with van der Waals surface area (Å²) in [6, 6.07) is 5.13. The average molecular weight is 287 g/mol. The Hall–Kier alpha value is -1.07. The van der Waals surface area contributed by atoms with E-state index in [0.29, 0.717) is 21.6 Å². The summed E-state index contributed by atoms with van der Waals surface area (Å²) in [6.07, 6.45) is 2.09. The van der Waals surface area contributed by atoms with Crippen LogP contribution in [0.4, 0.5) is 5.69 Å². The van der Waals surface area contributed by atoms with Crippen LogP contribution in [0.5, 0.6) is 0 Å². The Bertz CT molecular complexity index is 503. The molecule has 6 heteroatoms. The smallest absolute Gasteiger partial charge is 0.235 e. The minimum Gasteiger partial charge on any atom is -0.398 e. The Balaban J connectivity index is 2.02. The number of nitrogen functional groups attached to an aromatic ring is 1. The van der Waals surface area contributed by atoms with Gasteiger partial charge in [0.25, 0.3) is 0 Å². The van der Waals surface area contributed by atoms with Gasteiger partial charge in [0.1, 0.15) is 5.75 Å². The van der Waals surface area contributed by atoms with E-state index >= 15 is 0 Å². The number of anilines is 1. The molecule has 1 saturated carbocycles. The second kappa shape index (κ2) is 5.28. The van der Waals surface area contributed by atoms with Crippen molar-refractivity contribution in [1.82, 2.24) is 4.90 Å². The molecule has 0 heterocycles. The summed E-state index contributed by atoms with van der Waals surface area (Å²) in [5, 5.41) is 0.365. The summed E-state index contributed by atoms with van der Waals surface area (Å²) in [5.74, 6) is -0.100. The van der Waals surface area contributed by atoms with E-state index in [4.69, 9.17) is 17.3 Å². The van der Waals surface area contributed by atoms with Crippen LogP contribution in [-0.4, -0.2) is 33.9 Å². The minimum absolute atomic E-state index is 0.00670. The van der Waals surface area contributed by atoms with Crippen molar-refractivity contribution in [2.45, 2.75) is 23.8 Å². The highest BCUT2D eigenvalue weighted by Crippen LogP contribution is 2.26. The van der Waals surface area contributed by atoms with Gasteiger partial charge < -0.3 is 10.6 Å². The van der Waals surface area contributed by atoms with Gasteiger partial charge in [0.2, 0.25) is 5.91 Å². The molecule has 98 valence electrons. The fourth-order valence-electron chi connectivity index (χ4n) is 1.61. The van der Waals surface area contributed by atoms with Crippen molar-refractivity contribution < 1.29 is 9.00 Å². The lowest BCUT2D eigenvalue weighted by Gasteiger charge is -2.15. The predicted molar refractivity (Wildman–Crippen MR) is 72.9 cm³/mol. The lowest BCUT2D eigenvalue weighted by atomic mass is 10.3. The van der Waals surface area contributed by atoms with Gasteiger partial charge in [-0.1, -0.05) is 11.6 Å². The Kier molecular flexibility index (Phi) is 3.92. The topological polar surface area (TPSA) is 63.4 Å². The minimum atomic E-state index is -1.37. The number of hydrogen-bond donors (Lipinski definition) is 1. The highest BCUT2D eigenvalue weighted by atomic mass is 35.5. The molecule has 1 aromatic carbocycles. The number of nitrogens with two attached hydrogens (primary N) is 1. The summed E-state index contributed by atoms with van der Waals surface area (Å²) in [4.78, 5) is 14.0. The van der Waals surface area contributed by atoms with Crippen molar-refractivity contribution in [1.29, 1.82) is 0 Å². The molecule has 0 aliphatic heterocycles. The van der Waals surface area contributed by atoms with Crippen molar-refractivity contribution >= 4 is 34.0 Å². The van der Waals surface area contributed by atoms with Gasteiger partial charge >= 0.3 is 0 Å². The van der Waals surface area contributed by atoms with Gasteiger partial charge in [-0.15, -0.1) is 0 Å². The normalized spacial score (nSPS) is 16.3. The summed E-state index contributed by atoms with van der Waals surface area (Å²) in [6.45, 7) is 0. The quantitative estimate of drug-likeness (QED) is 0.856. The first-order valence-corrected chi connectivity index (χ1v) is 7.38. The van der Waals surface area contributed by atoms with Crippen molar-refractivity contribution in [2.75, 3.05) is 18.5 Å². The fraction of sp³-hybridized carbons (Fsp3) is 0.417. The van der Waals surface area contributed by atoms with Crippen LogP contribution >= 0.6 is 11.6 Å². The first-order valence-electron chi connectivity index (χ1n) is 5.68. The van der Waals surface area contributed by atoms with Gasteiger partial charge in [0.05, 0.1) is 21.5 Å². The third-order valence-electron chi connectivity index (χ3n) is 2.98. The largest absolute Gasteiger partial charge is 0.398 e. The summed E-state index contributed by atoms with van der Waals surface area (Å²) >= 11 is 5.86. The van der Waals surface area contributed by atoms with Crippen molar-refractivity contribution in [3.05, 3.63) is 23.2 Å². The second-order valence-corrected chi connectivity index (χ2v) is 6.27. The number of benzene rings is 1. The van der Waals surface area contributed by atoms with Crippen LogP contribution in [0.25, 0.3) is 0 Å². The molecule has 0 spiro atoms. The van der Waals surface area contributed by atoms with Crippen LogP contribution in [0.1, 0.15) is 12.8 Å². The SMILES string of the molecule is CN(C(=O)CS(=O)c1ccc(N)c(Cl)c1)C1CC1. The highest BCUT2D eigenvalue weighted by molar-refractivity contribution is 7.85. The molecule has 1 fully saturated rings. The molecule has 4 nitrogen and oxygen atoms in total. The number of carbonyl (C=O) groups is 1. The molecule has 2 N–H and O–H groups in total. The first kappa shape index (κ1) is 13.4. The van der Waals surface area contributed by atoms with Crippen LogP contribution in [0, 0.1) is 0 Å². The van der Waals surface area contributed by atoms with E-state index in [9.17, 15) is 9.00 Å². The van der Waals surface area contributed by atoms with Crippen LogP contribution in [0.15, 0.2) is 23.1 Å². The average Bonchev–Trinajstić information content (AvgIpc) is 3.15. The van der Waals surface area contributed by atoms with E-state index in [1.54, 1.807) is 30.1 Å². The van der Waals surface area contributed by atoms with Gasteiger partial charge in [-0.25, -0.2) is 0 Å². The van der Waals surface area contributed by atoms with E-state index in [1.807, 2.05) is 0 Å². The van der Waals surface area contributed by atoms with Crippen molar-refractivity contribution in [3.8, 4) is 0 Å². The lowest BCUT2D eigenvalue weighted by Crippen LogP contribution is -2.32. The fourth-order valence-corrected chi connectivity index (χ4v) is 2.92. The summed E-state index contributed by atoms with van der Waals surface area (Å²) in [7, 11) is 0.385. The Morgan fingerprint density at radius 2 is 2.22 bits per heavy atom. The van der Waals surface area contributed by atoms with E-state index < -0.39 is 10.8 Å². The van der Waals surface area contributed by atoms with Crippen LogP contribution < -0.4 is 5.73 Å². The van der Waals surface area contributed by atoms with Gasteiger partial charge in [0, 0.05) is 18.0 Å². The molecule has 1 aliphatic carbocycles. The molecule has 0 bridgehead atoms. The summed E-state index contributed by atoms with van der Waals surface area (Å²) < 4.78 is 12.0. The summed E-state index contributed by atoms with van der Waals surface area (Å²) in [5.41, 5.74) is 6.02. The highest BCUT2D eigenvalue weighted by Gasteiger charge is 2.30. The Morgan fingerprint density at radius 3 is 2.78 bits per heavy atom. The number of amides is 1. The van der Waals surface area contributed by atoms with Gasteiger partial charge in [-0.05, 0) is 31.0 Å². The molecule has 18 heavy (non-hydrogen) atoms. The zero-order valence-electron chi connectivity index (χ0n) is 10.1. The molecular formula is C12H15ClN2O2S. The lowest BCUT2D eigenvalue weighted by molar-refractivity contribution is -0.127. The van der Waals surface area contributed by atoms with Gasteiger partial charge in [-0.3, -0.25) is 9.00 Å². The van der Waals surface area contributed by atoms with E-state index in [-0.39, 0.29) is 11.7 Å². The van der Waals surface area contributed by atoms with Crippen LogP contribution in [0.3, 0.4) is 0 Å². The van der Waals surface area contributed by atoms with Gasteiger partial charge in [-0.2, -0.15) is 0 Å². The van der Waals surface area contributed by atoms with Crippen LogP contribution in [-0.2, 0) is 15.6 Å². The number of hydrogen-bond acceptors (Lipinski definition) is 3. The van der Waals surface area contributed by atoms with Crippen molar-refractivity contribution in [2.24, 2.45) is 0 Å². The second-order valence-electron chi connectivity index (χ2n) is 4.41. The predicted octanol–water partition coefficient (Wildman–Crippen LogP) is 1.65. The molecule has 1 aliphatic rings. The van der Waals surface area contributed by atoms with Gasteiger partial charge in [0.15, 0.2) is 0 Å². The molecule has 1 amide bonds. The van der Waals surface area contributed by atoms with E-state index in [1.165, 1.54) is 0 Å². The monoisotopic (exact) mass is 286 g/mol. The first-order chi connectivity index (χ1) is 8.49. The number of carbonyl (C=O) groups excluding carboxylic acids is 1. The molecule has 2 rings (SSSR count). The third-order valence-corrected chi connectivity index (χ3v) is 4.59. The zero-order chi connectivity index (χ0) is 13.3. The maximum Gasteiger partial charge on any atom is 0.235 e. The molecule has 0 saturated heterocycles. The maximum atomic E-state index is 12.0. The molecular weight excluding hydrogens is 272 g/mol. The number of rotatable bonds is 4. The number of nitrogens with zero attached hydrogens (tertiary/aromatic N) is 1. The van der Waals surface area contributed by atoms with Crippen molar-refractivity contribution in [3.63, 3.8) is 0 Å². The Labute approximate surface area is 114 Å². The standard InChI is InChI=1S/C12H15ClN2O2S/c1-15(8-2-3-8)12(16)7-18(17)9-4-5-11(14)10(13)6-9/h4-6,8H,2-3,7,14H2,1H3. The zero-order valence-corrected chi connectivity index (χ0v) is 11.6. The third kappa shape index (κ3) is 3.03. The Morgan fingerprint density at radius 1 is 1.56 bits per heavy atom. The molecule has 0 radical (unpaired) electrons. The van der Waals surface area contributed by atoms with E-state index in [2.05, 4.69) is 0 Å². The molecule has 0 aromatic heterocycles. The molecule has 1 atom stereocenters.